The summed E-state index contributed by atoms with van der Waals surface area (Å²) in [7, 11) is 8.80. The number of carbonyl (C=O) groups excluding carboxylic acids is 3. The molecule has 1 aliphatic heterocycles. The number of likely N-dealkylation sites (tertiary alicyclic amines) is 1. The Kier molecular flexibility index (Phi) is 19.1. The molecule has 320 valence electrons. The van der Waals surface area contributed by atoms with Crippen LogP contribution in [0.4, 0.5) is 0 Å². The van der Waals surface area contributed by atoms with Crippen molar-refractivity contribution in [2.24, 2.45) is 29.4 Å². The van der Waals surface area contributed by atoms with Crippen LogP contribution in [0, 0.1) is 23.7 Å². The summed E-state index contributed by atoms with van der Waals surface area (Å²) in [5, 5.41) is 17.8. The van der Waals surface area contributed by atoms with Crippen molar-refractivity contribution in [1.82, 2.24) is 25.3 Å². The van der Waals surface area contributed by atoms with E-state index in [-0.39, 0.29) is 54.0 Å². The molecule has 1 heterocycles. The van der Waals surface area contributed by atoms with Gasteiger partial charge in [0, 0.05) is 27.8 Å². The van der Waals surface area contributed by atoms with Crippen LogP contribution in [0.5, 0.6) is 0 Å². The van der Waals surface area contributed by atoms with Crippen LogP contribution < -0.4 is 16.4 Å². The van der Waals surface area contributed by atoms with Gasteiger partial charge in [0.05, 0.1) is 60.8 Å². The Bertz CT molecular complexity index is 1500. The number of rotatable bonds is 22. The second-order valence-corrected chi connectivity index (χ2v) is 17.0. The van der Waals surface area contributed by atoms with Gasteiger partial charge >= 0.3 is 0 Å². The van der Waals surface area contributed by atoms with Crippen LogP contribution in [-0.4, -0.2) is 122 Å². The first-order valence-corrected chi connectivity index (χ1v) is 20.9. The maximum absolute atomic E-state index is 14.4. The Labute approximate surface area is 343 Å². The number of aliphatic hydroxyl groups is 1. The highest BCUT2D eigenvalue weighted by Crippen LogP contribution is 2.32. The molecular formula is C45H74N6O6. The maximum Gasteiger partial charge on any atom is 0.240 e. The lowest BCUT2D eigenvalue weighted by molar-refractivity contribution is -0.147. The molecule has 1 fully saturated rings. The highest BCUT2D eigenvalue weighted by atomic mass is 16.5. The standard InChI is InChI=1S/C45H74N6O6/c1-13-30(6)41(50(10)45(55)38(28(2)3)47-44(54)40(29(4)5)49(8)9)35(56-11)27-36(52)51-26-20-25-34(51)42(57-12)31(7)43(53)48-39(33-23-18-15-19-24-33)37(46)32-21-16-14-17-22-32/h14-19,21-24,28-31,34-35,37-42,44,47,54H,13,20,25-27,46H2,1-12H3,(H,48,53)/t30-,31+,34-,35+,37-,38-,39-,40-,41-,42+,44?/m0/s1. The van der Waals surface area contributed by atoms with Gasteiger partial charge in [0.15, 0.2) is 0 Å². The molecule has 2 aromatic rings. The number of amides is 3. The highest BCUT2D eigenvalue weighted by molar-refractivity contribution is 5.83. The summed E-state index contributed by atoms with van der Waals surface area (Å²) in [4.78, 5) is 48.3. The first-order chi connectivity index (χ1) is 27.0. The minimum absolute atomic E-state index is 0.00394. The van der Waals surface area contributed by atoms with Crippen molar-refractivity contribution in [3.05, 3.63) is 71.8 Å². The fraction of sp³-hybridized carbons (Fsp3) is 0.667. The smallest absolute Gasteiger partial charge is 0.240 e. The third-order valence-corrected chi connectivity index (χ3v) is 12.1. The van der Waals surface area contributed by atoms with Crippen molar-refractivity contribution in [2.45, 2.75) is 129 Å². The first kappa shape index (κ1) is 48.0. The number of ether oxygens (including phenoxy) is 2. The number of benzene rings is 2. The molecule has 0 saturated carbocycles. The summed E-state index contributed by atoms with van der Waals surface area (Å²) in [5.41, 5.74) is 8.60. The van der Waals surface area contributed by atoms with E-state index in [1.54, 1.807) is 26.2 Å². The SMILES string of the molecule is CC[C@H](C)[C@@H]([C@@H](CC(=O)N1CCC[C@H]1[C@H](OC)[C@@H](C)C(=O)N[C@@H](c1ccccc1)[C@@H](N)c1ccccc1)OC)N(C)C(=O)[C@@H](NC(O)[C@H](C(C)C)N(C)C)C(C)C. The van der Waals surface area contributed by atoms with E-state index in [2.05, 4.69) is 24.5 Å². The normalized spacial score (nSPS) is 20.0. The van der Waals surface area contributed by atoms with Gasteiger partial charge in [0.1, 0.15) is 6.23 Å². The number of nitrogens with two attached hydrogens (primary N) is 1. The predicted octanol–water partition coefficient (Wildman–Crippen LogP) is 4.98. The average Bonchev–Trinajstić information content (AvgIpc) is 3.68. The molecule has 12 heteroatoms. The summed E-state index contributed by atoms with van der Waals surface area (Å²) in [6.07, 6.45) is 0.175. The van der Waals surface area contributed by atoms with E-state index in [9.17, 15) is 19.5 Å². The fourth-order valence-corrected chi connectivity index (χ4v) is 8.79. The van der Waals surface area contributed by atoms with E-state index < -0.39 is 48.5 Å². The van der Waals surface area contributed by atoms with Gasteiger partial charge in [0.25, 0.3) is 0 Å². The molecule has 1 aliphatic rings. The molecule has 1 saturated heterocycles. The summed E-state index contributed by atoms with van der Waals surface area (Å²) in [6, 6.07) is 16.9. The van der Waals surface area contributed by atoms with Gasteiger partial charge in [-0.1, -0.05) is 116 Å². The van der Waals surface area contributed by atoms with Crippen LogP contribution in [0.1, 0.15) is 97.4 Å². The summed E-state index contributed by atoms with van der Waals surface area (Å²) >= 11 is 0. The third kappa shape index (κ3) is 12.3. The number of aliphatic hydroxyl groups excluding tert-OH is 1. The van der Waals surface area contributed by atoms with Crippen molar-refractivity contribution < 1.29 is 29.0 Å². The maximum atomic E-state index is 14.4. The highest BCUT2D eigenvalue weighted by Gasteiger charge is 2.43. The zero-order chi connectivity index (χ0) is 42.6. The van der Waals surface area contributed by atoms with Gasteiger partial charge < -0.3 is 40.3 Å². The fourth-order valence-electron chi connectivity index (χ4n) is 8.79. The van der Waals surface area contributed by atoms with Crippen LogP contribution in [-0.2, 0) is 23.9 Å². The van der Waals surface area contributed by atoms with Gasteiger partial charge in [-0.25, -0.2) is 0 Å². The number of hydrogen-bond acceptors (Lipinski definition) is 9. The van der Waals surface area contributed by atoms with E-state index in [0.29, 0.717) is 13.0 Å². The van der Waals surface area contributed by atoms with Crippen LogP contribution in [0.2, 0.25) is 0 Å². The van der Waals surface area contributed by atoms with Crippen molar-refractivity contribution >= 4 is 17.7 Å². The molecule has 0 bridgehead atoms. The molecule has 3 amide bonds. The van der Waals surface area contributed by atoms with Crippen LogP contribution in [0.15, 0.2) is 60.7 Å². The number of likely N-dealkylation sites (N-methyl/N-ethyl adjacent to an activating group) is 2. The molecule has 12 nitrogen and oxygen atoms in total. The Morgan fingerprint density at radius 1 is 0.877 bits per heavy atom. The van der Waals surface area contributed by atoms with E-state index in [1.807, 2.05) is 119 Å². The number of nitrogens with zero attached hydrogens (tertiary/aromatic N) is 3. The van der Waals surface area contributed by atoms with Crippen LogP contribution >= 0.6 is 0 Å². The lowest BCUT2D eigenvalue weighted by atomic mass is 9.89. The number of hydrogen-bond donors (Lipinski definition) is 4. The zero-order valence-corrected chi connectivity index (χ0v) is 36.7. The third-order valence-electron chi connectivity index (χ3n) is 12.1. The lowest BCUT2D eigenvalue weighted by Gasteiger charge is -2.42. The second-order valence-electron chi connectivity index (χ2n) is 17.0. The van der Waals surface area contributed by atoms with Crippen molar-refractivity contribution in [3.8, 4) is 0 Å². The van der Waals surface area contributed by atoms with E-state index in [0.717, 1.165) is 24.0 Å². The molecule has 0 radical (unpaired) electrons. The van der Waals surface area contributed by atoms with E-state index in [4.69, 9.17) is 15.2 Å². The number of carbonyl (C=O) groups is 3. The molecular weight excluding hydrogens is 721 g/mol. The van der Waals surface area contributed by atoms with Crippen LogP contribution in [0.25, 0.3) is 0 Å². The summed E-state index contributed by atoms with van der Waals surface area (Å²) in [5.74, 6) is -1.05. The molecule has 0 aromatic heterocycles. The molecule has 0 aliphatic carbocycles. The average molecular weight is 795 g/mol. The van der Waals surface area contributed by atoms with Gasteiger partial charge in [-0.2, -0.15) is 0 Å². The van der Waals surface area contributed by atoms with Gasteiger partial charge in [0.2, 0.25) is 17.7 Å². The summed E-state index contributed by atoms with van der Waals surface area (Å²) in [6.45, 7) is 14.5. The Morgan fingerprint density at radius 2 is 1.46 bits per heavy atom. The quantitative estimate of drug-likeness (QED) is 0.121. The molecule has 11 atom stereocenters. The van der Waals surface area contributed by atoms with Crippen molar-refractivity contribution in [1.29, 1.82) is 0 Å². The summed E-state index contributed by atoms with van der Waals surface area (Å²) < 4.78 is 12.1. The Hall–Kier alpha value is -3.39. The van der Waals surface area contributed by atoms with Crippen molar-refractivity contribution in [3.63, 3.8) is 0 Å². The van der Waals surface area contributed by atoms with Crippen LogP contribution in [0.3, 0.4) is 0 Å². The molecule has 5 N–H and O–H groups in total. The molecule has 3 rings (SSSR count). The van der Waals surface area contributed by atoms with Crippen molar-refractivity contribution in [2.75, 3.05) is 41.9 Å². The number of nitrogens with one attached hydrogen (secondary N) is 2. The molecule has 1 unspecified atom stereocenters. The zero-order valence-electron chi connectivity index (χ0n) is 36.7. The van der Waals surface area contributed by atoms with E-state index in [1.165, 1.54) is 0 Å². The Balaban J connectivity index is 1.82. The predicted molar refractivity (Wildman–Crippen MR) is 227 cm³/mol. The minimum atomic E-state index is -0.929. The second kappa shape index (κ2) is 22.7. The number of methoxy groups -OCH3 is 2. The van der Waals surface area contributed by atoms with Gasteiger partial charge in [-0.05, 0) is 55.8 Å². The van der Waals surface area contributed by atoms with Gasteiger partial charge in [-0.3, -0.25) is 19.7 Å². The van der Waals surface area contributed by atoms with E-state index >= 15 is 0 Å². The molecule has 0 spiro atoms. The topological polar surface area (TPSA) is 150 Å². The Morgan fingerprint density at radius 3 is 1.95 bits per heavy atom. The lowest BCUT2D eigenvalue weighted by Crippen LogP contribution is -2.61. The molecule has 2 aromatic carbocycles. The molecule has 57 heavy (non-hydrogen) atoms. The van der Waals surface area contributed by atoms with Gasteiger partial charge in [-0.15, -0.1) is 0 Å². The largest absolute Gasteiger partial charge is 0.379 e. The first-order valence-electron chi connectivity index (χ1n) is 20.9. The minimum Gasteiger partial charge on any atom is -0.379 e. The monoisotopic (exact) mass is 795 g/mol.